The van der Waals surface area contributed by atoms with Crippen LogP contribution in [0.1, 0.15) is 0 Å². The molecule has 2 nitrogen and oxygen atoms in total. The number of para-hydroxylation sites is 4. The Morgan fingerprint density at radius 2 is 0.481 bits per heavy atom. The molecule has 4 rings (SSSR count). The second kappa shape index (κ2) is 12.1. The molecular formula is C24H20N2Y-2. The van der Waals surface area contributed by atoms with Gasteiger partial charge in [0.05, 0.1) is 0 Å². The van der Waals surface area contributed by atoms with Crippen molar-refractivity contribution in [3.8, 4) is 0 Å². The van der Waals surface area contributed by atoms with Gasteiger partial charge in [-0.05, 0) is 0 Å². The largest absolute Gasteiger partial charge is 0.658 e. The Morgan fingerprint density at radius 1 is 0.296 bits per heavy atom. The molecule has 4 aromatic carbocycles. The molecular weight excluding hydrogens is 405 g/mol. The minimum atomic E-state index is 0. The van der Waals surface area contributed by atoms with Crippen LogP contribution in [0.15, 0.2) is 121 Å². The van der Waals surface area contributed by atoms with Crippen LogP contribution >= 0.6 is 0 Å². The van der Waals surface area contributed by atoms with E-state index < -0.39 is 0 Å². The predicted molar refractivity (Wildman–Crippen MR) is 111 cm³/mol. The van der Waals surface area contributed by atoms with Crippen molar-refractivity contribution in [2.45, 2.75) is 0 Å². The summed E-state index contributed by atoms with van der Waals surface area (Å²) in [6, 6.07) is 39.8. The van der Waals surface area contributed by atoms with Gasteiger partial charge >= 0.3 is 0 Å². The third-order valence-corrected chi connectivity index (χ3v) is 3.54. The van der Waals surface area contributed by atoms with Crippen molar-refractivity contribution >= 4 is 22.7 Å². The average Bonchev–Trinajstić information content (AvgIpc) is 2.72. The van der Waals surface area contributed by atoms with Gasteiger partial charge in [-0.2, -0.15) is 0 Å². The molecule has 3 heteroatoms. The zero-order valence-corrected chi connectivity index (χ0v) is 17.9. The molecule has 0 spiro atoms. The summed E-state index contributed by atoms with van der Waals surface area (Å²) in [7, 11) is 0. The van der Waals surface area contributed by atoms with Crippen molar-refractivity contribution < 1.29 is 32.7 Å². The zero-order valence-electron chi connectivity index (χ0n) is 15.0. The molecule has 0 N–H and O–H groups in total. The summed E-state index contributed by atoms with van der Waals surface area (Å²) in [6.07, 6.45) is 0. The monoisotopic (exact) mass is 425 g/mol. The Hall–Kier alpha value is -2.42. The molecule has 0 aromatic heterocycles. The van der Waals surface area contributed by atoms with Gasteiger partial charge in [-0.3, -0.25) is 0 Å². The maximum absolute atomic E-state index is 4.44. The Morgan fingerprint density at radius 3 is 0.667 bits per heavy atom. The Balaban J connectivity index is 0.000000187. The SMILES string of the molecule is [Y].c1ccc([N-]c2ccccc2)cc1.c1ccc([N-]c2ccccc2)cc1. The minimum Gasteiger partial charge on any atom is -0.658 e. The van der Waals surface area contributed by atoms with Gasteiger partial charge in [-0.25, -0.2) is 0 Å². The van der Waals surface area contributed by atoms with Gasteiger partial charge in [-0.1, -0.05) is 121 Å². The molecule has 1 radical (unpaired) electrons. The van der Waals surface area contributed by atoms with Crippen LogP contribution in [-0.4, -0.2) is 0 Å². The fourth-order valence-corrected chi connectivity index (χ4v) is 2.31. The standard InChI is InChI=1S/2C12H10N.Y/c2*1-3-7-11(8-4-1)13-12-9-5-2-6-10-12;/h2*1-10H;/q2*-1;. The smallest absolute Gasteiger partial charge is 0 e. The molecule has 4 aromatic rings. The van der Waals surface area contributed by atoms with Crippen molar-refractivity contribution in [1.29, 1.82) is 0 Å². The van der Waals surface area contributed by atoms with E-state index in [-0.39, 0.29) is 32.7 Å². The second-order valence-electron chi connectivity index (χ2n) is 5.57. The van der Waals surface area contributed by atoms with Crippen LogP contribution in [0.2, 0.25) is 0 Å². The van der Waals surface area contributed by atoms with Crippen LogP contribution in [0.25, 0.3) is 10.6 Å². The molecule has 0 aliphatic carbocycles. The second-order valence-corrected chi connectivity index (χ2v) is 5.57. The first-order chi connectivity index (χ1) is 12.9. The first-order valence-electron chi connectivity index (χ1n) is 8.54. The van der Waals surface area contributed by atoms with Gasteiger partial charge in [0.25, 0.3) is 0 Å². The summed E-state index contributed by atoms with van der Waals surface area (Å²) < 4.78 is 0. The topological polar surface area (TPSA) is 28.2 Å². The fraction of sp³-hybridized carbons (Fsp3) is 0. The molecule has 131 valence electrons. The summed E-state index contributed by atoms with van der Waals surface area (Å²) >= 11 is 0. The summed E-state index contributed by atoms with van der Waals surface area (Å²) in [5.74, 6) is 0. The van der Waals surface area contributed by atoms with Gasteiger partial charge in [0.2, 0.25) is 0 Å². The van der Waals surface area contributed by atoms with E-state index in [4.69, 9.17) is 0 Å². The van der Waals surface area contributed by atoms with E-state index in [1.165, 1.54) is 0 Å². The van der Waals surface area contributed by atoms with Crippen molar-refractivity contribution in [3.05, 3.63) is 132 Å². The fourth-order valence-electron chi connectivity index (χ4n) is 2.31. The zero-order chi connectivity index (χ0) is 17.9. The summed E-state index contributed by atoms with van der Waals surface area (Å²) in [5, 5.41) is 8.88. The van der Waals surface area contributed by atoms with E-state index >= 15 is 0 Å². The molecule has 27 heavy (non-hydrogen) atoms. The molecule has 0 saturated heterocycles. The minimum absolute atomic E-state index is 0. The van der Waals surface area contributed by atoms with Crippen LogP contribution in [-0.2, 0) is 32.7 Å². The predicted octanol–water partition coefficient (Wildman–Crippen LogP) is 8.04. The average molecular weight is 425 g/mol. The molecule has 0 aliphatic rings. The number of benzene rings is 4. The normalized spacial score (nSPS) is 9.19. The van der Waals surface area contributed by atoms with Crippen LogP contribution < -0.4 is 0 Å². The van der Waals surface area contributed by atoms with E-state index in [2.05, 4.69) is 10.6 Å². The van der Waals surface area contributed by atoms with E-state index in [0.29, 0.717) is 0 Å². The summed E-state index contributed by atoms with van der Waals surface area (Å²) in [5.41, 5.74) is 3.98. The Bertz CT molecular complexity index is 715. The van der Waals surface area contributed by atoms with Gasteiger partial charge in [0.15, 0.2) is 0 Å². The van der Waals surface area contributed by atoms with Crippen LogP contribution in [0.4, 0.5) is 22.7 Å². The van der Waals surface area contributed by atoms with Crippen LogP contribution in [0.3, 0.4) is 0 Å². The number of hydrogen-bond acceptors (Lipinski definition) is 0. The first-order valence-corrected chi connectivity index (χ1v) is 8.54. The van der Waals surface area contributed by atoms with Crippen LogP contribution in [0.5, 0.6) is 0 Å². The molecule has 0 bridgehead atoms. The third kappa shape index (κ3) is 7.78. The molecule has 0 heterocycles. The van der Waals surface area contributed by atoms with E-state index in [1.54, 1.807) is 0 Å². The molecule has 0 atom stereocenters. The van der Waals surface area contributed by atoms with Gasteiger partial charge in [-0.15, -0.1) is 22.7 Å². The first kappa shape index (κ1) is 20.9. The molecule has 0 fully saturated rings. The Kier molecular flexibility index (Phi) is 9.33. The van der Waals surface area contributed by atoms with E-state index in [0.717, 1.165) is 22.7 Å². The number of hydrogen-bond donors (Lipinski definition) is 0. The quantitative estimate of drug-likeness (QED) is 0.317. The number of nitrogens with zero attached hydrogens (tertiary/aromatic N) is 2. The summed E-state index contributed by atoms with van der Waals surface area (Å²) in [6.45, 7) is 0. The maximum atomic E-state index is 4.44. The van der Waals surface area contributed by atoms with Crippen molar-refractivity contribution in [1.82, 2.24) is 0 Å². The third-order valence-electron chi connectivity index (χ3n) is 3.54. The van der Waals surface area contributed by atoms with E-state index in [1.807, 2.05) is 121 Å². The van der Waals surface area contributed by atoms with Crippen molar-refractivity contribution in [2.24, 2.45) is 0 Å². The van der Waals surface area contributed by atoms with Crippen molar-refractivity contribution in [3.63, 3.8) is 0 Å². The Labute approximate surface area is 186 Å². The molecule has 0 aliphatic heterocycles. The van der Waals surface area contributed by atoms with Crippen LogP contribution in [0, 0.1) is 0 Å². The van der Waals surface area contributed by atoms with E-state index in [9.17, 15) is 0 Å². The van der Waals surface area contributed by atoms with Gasteiger partial charge in [0, 0.05) is 32.7 Å². The van der Waals surface area contributed by atoms with Gasteiger partial charge in [0.1, 0.15) is 0 Å². The van der Waals surface area contributed by atoms with Gasteiger partial charge < -0.3 is 10.6 Å². The maximum Gasteiger partial charge on any atom is 0 e. The molecule has 0 unspecified atom stereocenters. The molecule has 0 amide bonds. The number of rotatable bonds is 4. The summed E-state index contributed by atoms with van der Waals surface area (Å²) in [4.78, 5) is 0. The van der Waals surface area contributed by atoms with Crippen molar-refractivity contribution in [2.75, 3.05) is 0 Å². The molecule has 0 saturated carbocycles.